The van der Waals surface area contributed by atoms with E-state index in [9.17, 15) is 4.79 Å². The summed E-state index contributed by atoms with van der Waals surface area (Å²) in [7, 11) is 0. The second kappa shape index (κ2) is 6.92. The number of esters is 1. The van der Waals surface area contributed by atoms with Gasteiger partial charge >= 0.3 is 5.97 Å². The van der Waals surface area contributed by atoms with E-state index in [1.54, 1.807) is 0 Å². The van der Waals surface area contributed by atoms with Crippen LogP contribution in [0.25, 0.3) is 0 Å². The third-order valence-corrected chi connectivity index (χ3v) is 2.92. The van der Waals surface area contributed by atoms with E-state index in [0.29, 0.717) is 13.0 Å². The molecule has 0 amide bonds. The van der Waals surface area contributed by atoms with Crippen molar-refractivity contribution in [1.82, 2.24) is 5.32 Å². The summed E-state index contributed by atoms with van der Waals surface area (Å²) in [4.78, 5) is 11.6. The summed E-state index contributed by atoms with van der Waals surface area (Å²) in [5, 5.41) is 4.01. The fraction of sp³-hybridized carbons (Fsp3) is 0.533. The van der Waals surface area contributed by atoms with Crippen molar-refractivity contribution in [3.05, 3.63) is 34.9 Å². The van der Waals surface area contributed by atoms with Gasteiger partial charge in [0.25, 0.3) is 0 Å². The monoisotopic (exact) mass is 283 g/mol. The predicted molar refractivity (Wildman–Crippen MR) is 78.3 cm³/mol. The van der Waals surface area contributed by atoms with Gasteiger partial charge in [0.1, 0.15) is 5.60 Å². The molecule has 1 unspecified atom stereocenters. The third kappa shape index (κ3) is 6.08. The maximum absolute atomic E-state index is 11.6. The minimum Gasteiger partial charge on any atom is -0.460 e. The van der Waals surface area contributed by atoms with Gasteiger partial charge in [0.2, 0.25) is 0 Å². The molecule has 106 valence electrons. The molecule has 1 N–H and O–H groups in total. The second-order valence-corrected chi connectivity index (χ2v) is 5.94. The molecule has 0 aliphatic rings. The molecule has 0 aliphatic carbocycles. The highest BCUT2D eigenvalue weighted by atomic mass is 35.5. The molecule has 0 bridgehead atoms. The largest absolute Gasteiger partial charge is 0.460 e. The summed E-state index contributed by atoms with van der Waals surface area (Å²) in [5.41, 5.74) is 0.610. The number of halogens is 1. The molecule has 0 spiro atoms. The van der Waals surface area contributed by atoms with Gasteiger partial charge < -0.3 is 10.1 Å². The van der Waals surface area contributed by atoms with E-state index in [1.807, 2.05) is 52.0 Å². The number of ether oxygens (including phenoxy) is 1. The molecule has 4 heteroatoms. The molecule has 0 saturated carbocycles. The Labute approximate surface area is 120 Å². The first-order valence-corrected chi connectivity index (χ1v) is 6.87. The van der Waals surface area contributed by atoms with Gasteiger partial charge in [0.05, 0.1) is 6.42 Å². The van der Waals surface area contributed by atoms with Crippen LogP contribution in [0.15, 0.2) is 24.3 Å². The summed E-state index contributed by atoms with van der Waals surface area (Å²) in [5.74, 6) is -0.189. The van der Waals surface area contributed by atoms with Crippen LogP contribution < -0.4 is 5.32 Å². The van der Waals surface area contributed by atoms with Crippen LogP contribution >= 0.6 is 11.6 Å². The van der Waals surface area contributed by atoms with Crippen LogP contribution in [0.1, 0.15) is 45.7 Å². The van der Waals surface area contributed by atoms with Crippen LogP contribution in [0.4, 0.5) is 0 Å². The molecule has 0 fully saturated rings. The Kier molecular flexibility index (Phi) is 5.83. The van der Waals surface area contributed by atoms with Crippen molar-refractivity contribution in [3.63, 3.8) is 0 Å². The lowest BCUT2D eigenvalue weighted by Crippen LogP contribution is -2.27. The topological polar surface area (TPSA) is 38.3 Å². The maximum Gasteiger partial charge on any atom is 0.307 e. The zero-order valence-electron chi connectivity index (χ0n) is 12.0. The van der Waals surface area contributed by atoms with Gasteiger partial charge in [-0.2, -0.15) is 0 Å². The Hall–Kier alpha value is -1.06. The standard InChI is InChI=1S/C15H22ClNO2/c1-11(12-7-5-6-8-13(12)16)17-10-9-14(18)19-15(2,3)4/h5-8,11,17H,9-10H2,1-4H3. The van der Waals surface area contributed by atoms with E-state index in [0.717, 1.165) is 10.6 Å². The van der Waals surface area contributed by atoms with Gasteiger partial charge in [-0.1, -0.05) is 29.8 Å². The van der Waals surface area contributed by atoms with Crippen molar-refractivity contribution in [2.24, 2.45) is 0 Å². The van der Waals surface area contributed by atoms with E-state index in [1.165, 1.54) is 0 Å². The van der Waals surface area contributed by atoms with Crippen LogP contribution in [0.2, 0.25) is 5.02 Å². The van der Waals surface area contributed by atoms with Crippen molar-refractivity contribution in [2.45, 2.75) is 45.8 Å². The van der Waals surface area contributed by atoms with Crippen LogP contribution in [0.5, 0.6) is 0 Å². The number of benzene rings is 1. The lowest BCUT2D eigenvalue weighted by Gasteiger charge is -2.20. The van der Waals surface area contributed by atoms with E-state index in [4.69, 9.17) is 16.3 Å². The van der Waals surface area contributed by atoms with Crippen molar-refractivity contribution in [2.75, 3.05) is 6.54 Å². The molecule has 1 aromatic rings. The molecule has 3 nitrogen and oxygen atoms in total. The van der Waals surface area contributed by atoms with Gasteiger partial charge in [-0.05, 0) is 39.3 Å². The maximum atomic E-state index is 11.6. The minimum absolute atomic E-state index is 0.108. The Balaban J connectivity index is 2.38. The Morgan fingerprint density at radius 1 is 1.37 bits per heavy atom. The van der Waals surface area contributed by atoms with Crippen molar-refractivity contribution in [1.29, 1.82) is 0 Å². The highest BCUT2D eigenvalue weighted by molar-refractivity contribution is 6.31. The first-order valence-electron chi connectivity index (χ1n) is 6.49. The number of nitrogens with one attached hydrogen (secondary N) is 1. The molecule has 0 heterocycles. The minimum atomic E-state index is -0.425. The summed E-state index contributed by atoms with van der Waals surface area (Å²) in [6.45, 7) is 8.19. The smallest absolute Gasteiger partial charge is 0.307 e. The highest BCUT2D eigenvalue weighted by Crippen LogP contribution is 2.21. The summed E-state index contributed by atoms with van der Waals surface area (Å²) < 4.78 is 5.24. The van der Waals surface area contributed by atoms with Crippen LogP contribution in [0, 0.1) is 0 Å². The molecule has 0 saturated heterocycles. The van der Waals surface area contributed by atoms with Gasteiger partial charge in [-0.15, -0.1) is 0 Å². The molecule has 19 heavy (non-hydrogen) atoms. The SMILES string of the molecule is CC(NCCC(=O)OC(C)(C)C)c1ccccc1Cl. The predicted octanol–water partition coefficient (Wildman–Crippen LogP) is 3.72. The van der Waals surface area contributed by atoms with Gasteiger partial charge in [0, 0.05) is 17.6 Å². The Morgan fingerprint density at radius 2 is 2.00 bits per heavy atom. The van der Waals surface area contributed by atoms with Crippen LogP contribution in [-0.2, 0) is 9.53 Å². The third-order valence-electron chi connectivity index (χ3n) is 2.57. The quantitative estimate of drug-likeness (QED) is 0.837. The first kappa shape index (κ1) is 16.0. The van der Waals surface area contributed by atoms with Crippen molar-refractivity contribution < 1.29 is 9.53 Å². The first-order chi connectivity index (χ1) is 8.79. The van der Waals surface area contributed by atoms with E-state index in [-0.39, 0.29) is 12.0 Å². The fourth-order valence-electron chi connectivity index (χ4n) is 1.72. The second-order valence-electron chi connectivity index (χ2n) is 5.53. The van der Waals surface area contributed by atoms with E-state index in [2.05, 4.69) is 5.32 Å². The van der Waals surface area contributed by atoms with Gasteiger partial charge in [-0.25, -0.2) is 0 Å². The average Bonchev–Trinajstić information content (AvgIpc) is 2.26. The van der Waals surface area contributed by atoms with Gasteiger partial charge in [-0.3, -0.25) is 4.79 Å². The molecular formula is C15H22ClNO2. The molecule has 0 radical (unpaired) electrons. The average molecular weight is 284 g/mol. The van der Waals surface area contributed by atoms with E-state index < -0.39 is 5.60 Å². The molecule has 0 aromatic heterocycles. The summed E-state index contributed by atoms with van der Waals surface area (Å²) in [6, 6.07) is 7.80. The van der Waals surface area contributed by atoms with Crippen molar-refractivity contribution in [3.8, 4) is 0 Å². The summed E-state index contributed by atoms with van der Waals surface area (Å²) in [6.07, 6.45) is 0.353. The zero-order chi connectivity index (χ0) is 14.5. The molecular weight excluding hydrogens is 262 g/mol. The normalized spacial score (nSPS) is 13.1. The van der Waals surface area contributed by atoms with E-state index >= 15 is 0 Å². The zero-order valence-corrected chi connectivity index (χ0v) is 12.8. The number of hydrogen-bond acceptors (Lipinski definition) is 3. The molecule has 0 aliphatic heterocycles. The lowest BCUT2D eigenvalue weighted by molar-refractivity contribution is -0.154. The molecule has 1 atom stereocenters. The fourth-order valence-corrected chi connectivity index (χ4v) is 2.02. The molecule has 1 rings (SSSR count). The number of carbonyl (C=O) groups excluding carboxylic acids is 1. The highest BCUT2D eigenvalue weighted by Gasteiger charge is 2.16. The number of rotatable bonds is 5. The van der Waals surface area contributed by atoms with Crippen LogP contribution in [0.3, 0.4) is 0 Å². The van der Waals surface area contributed by atoms with Crippen LogP contribution in [-0.4, -0.2) is 18.1 Å². The Morgan fingerprint density at radius 3 is 2.58 bits per heavy atom. The lowest BCUT2D eigenvalue weighted by atomic mass is 10.1. The van der Waals surface area contributed by atoms with Gasteiger partial charge in [0.15, 0.2) is 0 Å². The molecule has 1 aromatic carbocycles. The number of carbonyl (C=O) groups is 1. The Bertz CT molecular complexity index is 426. The van der Waals surface area contributed by atoms with Crippen molar-refractivity contribution >= 4 is 17.6 Å². The number of hydrogen-bond donors (Lipinski definition) is 1. The summed E-state index contributed by atoms with van der Waals surface area (Å²) >= 11 is 6.12.